The first-order valence-corrected chi connectivity index (χ1v) is 17.3. The summed E-state index contributed by atoms with van der Waals surface area (Å²) < 4.78 is 27.5. The highest BCUT2D eigenvalue weighted by molar-refractivity contribution is 7.90. The van der Waals surface area contributed by atoms with Crippen LogP contribution in [-0.2, 0) is 30.8 Å². The molecule has 0 saturated heterocycles. The van der Waals surface area contributed by atoms with Crippen molar-refractivity contribution in [3.05, 3.63) is 65.2 Å². The van der Waals surface area contributed by atoms with Crippen molar-refractivity contribution in [2.75, 3.05) is 20.6 Å². The van der Waals surface area contributed by atoms with Gasteiger partial charge in [0, 0.05) is 13.6 Å². The van der Waals surface area contributed by atoms with Gasteiger partial charge in [0.25, 0.3) is 10.0 Å². The van der Waals surface area contributed by atoms with Crippen LogP contribution in [-0.4, -0.2) is 75.8 Å². The molecule has 2 aromatic carbocycles. The Morgan fingerprint density at radius 1 is 1.02 bits per heavy atom. The van der Waals surface area contributed by atoms with Crippen LogP contribution in [0.4, 0.5) is 0 Å². The van der Waals surface area contributed by atoms with Gasteiger partial charge in [-0.3, -0.25) is 19.8 Å². The number of carbonyl (C=O) groups is 3. The Morgan fingerprint density at radius 3 is 2.35 bits per heavy atom. The van der Waals surface area contributed by atoms with E-state index in [1.54, 1.807) is 33.2 Å². The van der Waals surface area contributed by atoms with Crippen molar-refractivity contribution in [3.8, 4) is 0 Å². The number of sulfonamides is 1. The first-order valence-electron chi connectivity index (χ1n) is 15.8. The number of nitrogens with zero attached hydrogens (tertiary/aromatic N) is 1. The fourth-order valence-corrected chi connectivity index (χ4v) is 6.38. The summed E-state index contributed by atoms with van der Waals surface area (Å²) >= 11 is 0. The van der Waals surface area contributed by atoms with E-state index >= 15 is 0 Å². The molecule has 1 aliphatic carbocycles. The molecule has 0 radical (unpaired) electrons. The molecule has 1 aliphatic rings. The molecule has 0 spiro atoms. The zero-order valence-electron chi connectivity index (χ0n) is 27.6. The highest BCUT2D eigenvalue weighted by atomic mass is 32.2. The number of nitrogens with one attached hydrogen (secondary N) is 6. The number of carbonyl (C=O) groups excluding carboxylic acids is 3. The third kappa shape index (κ3) is 9.76. The molecule has 0 heterocycles. The third-order valence-corrected chi connectivity index (χ3v) is 9.75. The number of benzene rings is 2. The summed E-state index contributed by atoms with van der Waals surface area (Å²) in [5.74, 6) is -1.65. The largest absolute Gasteiger partial charge is 0.356 e. The van der Waals surface area contributed by atoms with Gasteiger partial charge < -0.3 is 26.2 Å². The van der Waals surface area contributed by atoms with Crippen LogP contribution in [0.3, 0.4) is 0 Å². The lowest BCUT2D eigenvalue weighted by Gasteiger charge is -2.34. The molecule has 3 rings (SSSR count). The van der Waals surface area contributed by atoms with Crippen LogP contribution in [0.15, 0.2) is 53.4 Å². The molecular weight excluding hydrogens is 606 g/mol. The summed E-state index contributed by atoms with van der Waals surface area (Å²) in [5.41, 5.74) is 3.17. The number of rotatable bonds is 14. The average Bonchev–Trinajstić information content (AvgIpc) is 3.02. The maximum absolute atomic E-state index is 13.9. The lowest BCUT2D eigenvalue weighted by atomic mass is 9.87. The minimum Gasteiger partial charge on any atom is -0.356 e. The summed E-state index contributed by atoms with van der Waals surface area (Å²) in [6.45, 7) is 7.40. The van der Waals surface area contributed by atoms with Gasteiger partial charge in [-0.2, -0.15) is 0 Å². The minimum absolute atomic E-state index is 0.0433. The Morgan fingerprint density at radius 2 is 1.70 bits per heavy atom. The predicted octanol–water partition coefficient (Wildman–Crippen LogP) is 2.35. The summed E-state index contributed by atoms with van der Waals surface area (Å²) in [4.78, 5) is 41.8. The standard InChI is InChI=1S/C33H49N7O5S/c1-21(2)29(38-30(41)23(4)35-5)32(43)40(6)28(31(42)37-27-14-9-12-24-11-7-8-13-26(24)27)15-10-20-36-33(34)39-46(44,45)25-18-16-22(3)17-19-25/h7-8,11,13,16-19,21,23,27-29,35H,9-10,12,14-15,20H2,1-6H3,(H,37,42)(H,38,41)(H3,34,36,39)/t23-,27+,28-,29-/m0/s1. The summed E-state index contributed by atoms with van der Waals surface area (Å²) in [7, 11) is -0.712. The quantitative estimate of drug-likeness (QED) is 0.103. The van der Waals surface area contributed by atoms with Crippen LogP contribution >= 0.6 is 0 Å². The molecule has 0 bridgehead atoms. The SMILES string of the molecule is CN[C@@H](C)C(=O)N[C@H](C(=O)N(C)[C@@H](CCCNC(=N)NS(=O)(=O)c1ccc(C)cc1)C(=O)N[C@@H]1CCCc2ccccc21)C(C)C. The van der Waals surface area contributed by atoms with Crippen LogP contribution in [0.2, 0.25) is 0 Å². The first-order chi connectivity index (χ1) is 21.7. The molecule has 0 aromatic heterocycles. The van der Waals surface area contributed by atoms with E-state index in [1.165, 1.54) is 22.6 Å². The van der Waals surface area contributed by atoms with E-state index in [0.29, 0.717) is 6.42 Å². The maximum Gasteiger partial charge on any atom is 0.264 e. The Bertz CT molecular complexity index is 1480. The van der Waals surface area contributed by atoms with E-state index in [0.717, 1.165) is 30.4 Å². The third-order valence-electron chi connectivity index (χ3n) is 8.38. The van der Waals surface area contributed by atoms with Crippen molar-refractivity contribution in [3.63, 3.8) is 0 Å². The molecule has 0 aliphatic heterocycles. The van der Waals surface area contributed by atoms with E-state index in [2.05, 4.69) is 32.1 Å². The highest BCUT2D eigenvalue weighted by Crippen LogP contribution is 2.29. The van der Waals surface area contributed by atoms with E-state index in [9.17, 15) is 22.8 Å². The Hall–Kier alpha value is -3.97. The molecule has 0 fully saturated rings. The molecule has 2 aromatic rings. The van der Waals surface area contributed by atoms with Crippen molar-refractivity contribution in [1.29, 1.82) is 5.41 Å². The summed E-state index contributed by atoms with van der Waals surface area (Å²) in [5, 5.41) is 19.7. The van der Waals surface area contributed by atoms with Gasteiger partial charge in [0.15, 0.2) is 0 Å². The van der Waals surface area contributed by atoms with Crippen molar-refractivity contribution in [2.24, 2.45) is 5.92 Å². The smallest absolute Gasteiger partial charge is 0.264 e. The molecule has 46 heavy (non-hydrogen) atoms. The number of aryl methyl sites for hydroxylation is 2. The van der Waals surface area contributed by atoms with Crippen LogP contribution in [0, 0.1) is 18.3 Å². The van der Waals surface area contributed by atoms with Crippen LogP contribution in [0.25, 0.3) is 0 Å². The second kappa shape index (κ2) is 16.5. The number of hydrogen-bond donors (Lipinski definition) is 6. The first kappa shape index (κ1) is 36.5. The number of likely N-dealkylation sites (N-methyl/N-ethyl adjacent to an activating group) is 2. The second-order valence-corrected chi connectivity index (χ2v) is 13.9. The normalized spacial score (nSPS) is 16.4. The second-order valence-electron chi connectivity index (χ2n) is 12.2. The number of guanidine groups is 1. The number of amides is 3. The fourth-order valence-electron chi connectivity index (χ4n) is 5.42. The van der Waals surface area contributed by atoms with E-state index in [1.807, 2.05) is 39.0 Å². The maximum atomic E-state index is 13.9. The van der Waals surface area contributed by atoms with Crippen LogP contribution in [0.5, 0.6) is 0 Å². The molecule has 252 valence electrons. The Kier molecular flexibility index (Phi) is 13.1. The molecule has 0 saturated carbocycles. The zero-order chi connectivity index (χ0) is 34.0. The molecule has 4 atom stereocenters. The zero-order valence-corrected chi connectivity index (χ0v) is 28.5. The summed E-state index contributed by atoms with van der Waals surface area (Å²) in [6, 6.07) is 11.9. The van der Waals surface area contributed by atoms with Crippen molar-refractivity contribution in [1.82, 2.24) is 30.9 Å². The van der Waals surface area contributed by atoms with Gasteiger partial charge >= 0.3 is 0 Å². The molecule has 13 heteroatoms. The van der Waals surface area contributed by atoms with Crippen molar-refractivity contribution >= 4 is 33.7 Å². The molecule has 0 unspecified atom stereocenters. The monoisotopic (exact) mass is 655 g/mol. The fraction of sp³-hybridized carbons (Fsp3) is 0.515. The highest BCUT2D eigenvalue weighted by Gasteiger charge is 2.35. The lowest BCUT2D eigenvalue weighted by Crippen LogP contribution is -2.58. The molecule has 12 nitrogen and oxygen atoms in total. The van der Waals surface area contributed by atoms with Crippen molar-refractivity contribution in [2.45, 2.75) is 88.9 Å². The molecular formula is C33H49N7O5S. The van der Waals surface area contributed by atoms with Gasteiger partial charge in [-0.15, -0.1) is 0 Å². The number of fused-ring (bicyclic) bond motifs is 1. The predicted molar refractivity (Wildman–Crippen MR) is 179 cm³/mol. The van der Waals surface area contributed by atoms with Gasteiger partial charge in [0.1, 0.15) is 12.1 Å². The van der Waals surface area contributed by atoms with Gasteiger partial charge in [0.05, 0.1) is 17.0 Å². The van der Waals surface area contributed by atoms with Crippen molar-refractivity contribution < 1.29 is 22.8 Å². The Labute approximate surface area is 273 Å². The van der Waals surface area contributed by atoms with Gasteiger partial charge in [-0.25, -0.2) is 13.1 Å². The Balaban J connectivity index is 1.72. The van der Waals surface area contributed by atoms with Gasteiger partial charge in [-0.05, 0) is 82.2 Å². The van der Waals surface area contributed by atoms with Gasteiger partial charge in [0.2, 0.25) is 23.7 Å². The average molecular weight is 656 g/mol. The lowest BCUT2D eigenvalue weighted by molar-refractivity contribution is -0.143. The van der Waals surface area contributed by atoms with Crippen LogP contribution in [0.1, 0.15) is 69.2 Å². The van der Waals surface area contributed by atoms with E-state index < -0.39 is 34.1 Å². The van der Waals surface area contributed by atoms with E-state index in [-0.39, 0.29) is 47.5 Å². The summed E-state index contributed by atoms with van der Waals surface area (Å²) in [6.07, 6.45) is 3.23. The minimum atomic E-state index is -3.94. The van der Waals surface area contributed by atoms with Gasteiger partial charge in [-0.1, -0.05) is 55.8 Å². The number of hydrogen-bond acceptors (Lipinski definition) is 7. The van der Waals surface area contributed by atoms with E-state index in [4.69, 9.17) is 5.41 Å². The topological polar surface area (TPSA) is 173 Å². The van der Waals surface area contributed by atoms with Crippen LogP contribution < -0.4 is 26.0 Å². The molecule has 3 amide bonds. The molecule has 6 N–H and O–H groups in total.